The molecule has 0 aliphatic carbocycles. The number of carbonyl (C=O) groups excluding carboxylic acids is 2. The smallest absolute Gasteiger partial charge is 0.254 e. The van der Waals surface area contributed by atoms with Crippen LogP contribution in [0.5, 0.6) is 0 Å². The number of aliphatic hydroxyl groups is 1. The van der Waals surface area contributed by atoms with Crippen LogP contribution in [0.3, 0.4) is 0 Å². The number of benzene rings is 1. The van der Waals surface area contributed by atoms with E-state index >= 15 is 0 Å². The highest BCUT2D eigenvalue weighted by Gasteiger charge is 2.25. The number of nitrogens with zero attached hydrogens (tertiary/aromatic N) is 1. The number of carbonyl (C=O) groups is 2. The van der Waals surface area contributed by atoms with Gasteiger partial charge in [0, 0.05) is 5.92 Å². The molecule has 1 rings (SSSR count). The topological polar surface area (TPSA) is 116 Å². The van der Waals surface area contributed by atoms with Crippen molar-refractivity contribution in [3.63, 3.8) is 0 Å². The van der Waals surface area contributed by atoms with Crippen LogP contribution < -0.4 is 11.1 Å². The van der Waals surface area contributed by atoms with Gasteiger partial charge in [0.1, 0.15) is 6.04 Å². The molecule has 0 radical (unpaired) electrons. The third-order valence-electron chi connectivity index (χ3n) is 2.83. The second kappa shape index (κ2) is 7.26. The van der Waals surface area contributed by atoms with Crippen LogP contribution in [-0.2, 0) is 9.59 Å². The molecule has 0 heterocycles. The average molecular weight is 275 g/mol. The number of rotatable bonds is 6. The Morgan fingerprint density at radius 2 is 2.00 bits per heavy atom. The molecule has 1 aromatic carbocycles. The molecule has 106 valence electrons. The van der Waals surface area contributed by atoms with Gasteiger partial charge in [-0.25, -0.2) is 0 Å². The van der Waals surface area contributed by atoms with Gasteiger partial charge in [0.2, 0.25) is 5.91 Å². The zero-order chi connectivity index (χ0) is 15.1. The van der Waals surface area contributed by atoms with Crippen molar-refractivity contribution >= 4 is 11.8 Å². The number of hydrogen-bond acceptors (Lipinski definition) is 4. The molecule has 0 fully saturated rings. The lowest BCUT2D eigenvalue weighted by molar-refractivity contribution is -0.133. The van der Waals surface area contributed by atoms with E-state index in [9.17, 15) is 14.7 Å². The number of nitrogens with two attached hydrogens (primary N) is 1. The summed E-state index contributed by atoms with van der Waals surface area (Å²) in [6, 6.07) is 9.32. The lowest BCUT2D eigenvalue weighted by Crippen LogP contribution is -2.46. The van der Waals surface area contributed by atoms with Crippen LogP contribution >= 0.6 is 0 Å². The molecule has 0 aliphatic heterocycles. The summed E-state index contributed by atoms with van der Waals surface area (Å²) in [5.41, 5.74) is 5.60. The Balaban J connectivity index is 2.72. The summed E-state index contributed by atoms with van der Waals surface area (Å²) in [4.78, 5) is 23.1. The maximum Gasteiger partial charge on any atom is 0.254 e. The van der Waals surface area contributed by atoms with Crippen LogP contribution in [-0.4, -0.2) is 23.0 Å². The second-order valence-electron chi connectivity index (χ2n) is 4.54. The van der Waals surface area contributed by atoms with Gasteiger partial charge in [-0.3, -0.25) is 9.59 Å². The number of hydrogen-bond donors (Lipinski definition) is 3. The van der Waals surface area contributed by atoms with Gasteiger partial charge in [-0.05, 0) is 18.9 Å². The first kappa shape index (κ1) is 15.7. The lowest BCUT2D eigenvalue weighted by atomic mass is 10.0. The van der Waals surface area contributed by atoms with E-state index in [2.05, 4.69) is 5.32 Å². The first-order chi connectivity index (χ1) is 9.45. The van der Waals surface area contributed by atoms with Gasteiger partial charge in [-0.15, -0.1) is 0 Å². The zero-order valence-electron chi connectivity index (χ0n) is 11.1. The van der Waals surface area contributed by atoms with E-state index in [0.717, 1.165) is 0 Å². The summed E-state index contributed by atoms with van der Waals surface area (Å²) in [5.74, 6) is -1.88. The van der Waals surface area contributed by atoms with Gasteiger partial charge in [0.05, 0.1) is 6.07 Å². The highest BCUT2D eigenvalue weighted by atomic mass is 16.3. The Kier molecular flexibility index (Phi) is 5.69. The van der Waals surface area contributed by atoms with Gasteiger partial charge >= 0.3 is 0 Å². The Morgan fingerprint density at radius 3 is 2.50 bits per heavy atom. The Labute approximate surface area is 117 Å². The number of amides is 2. The molecule has 0 aromatic heterocycles. The molecule has 20 heavy (non-hydrogen) atoms. The highest BCUT2D eigenvalue weighted by molar-refractivity contribution is 5.89. The number of primary amides is 1. The van der Waals surface area contributed by atoms with Crippen LogP contribution in [0, 0.1) is 17.2 Å². The maximum absolute atomic E-state index is 11.9. The molecular weight excluding hydrogens is 258 g/mol. The molecule has 6 nitrogen and oxygen atoms in total. The van der Waals surface area contributed by atoms with E-state index in [0.29, 0.717) is 5.56 Å². The van der Waals surface area contributed by atoms with Gasteiger partial charge in [-0.1, -0.05) is 30.3 Å². The Hall–Kier alpha value is -2.39. The van der Waals surface area contributed by atoms with Gasteiger partial charge < -0.3 is 16.2 Å². The van der Waals surface area contributed by atoms with Crippen molar-refractivity contribution < 1.29 is 14.7 Å². The van der Waals surface area contributed by atoms with Crippen LogP contribution in [0.25, 0.3) is 0 Å². The fourth-order valence-corrected chi connectivity index (χ4v) is 1.69. The molecule has 0 saturated carbocycles. The summed E-state index contributed by atoms with van der Waals surface area (Å²) in [7, 11) is 0. The minimum absolute atomic E-state index is 0.110. The van der Waals surface area contributed by atoms with Crippen LogP contribution in [0.4, 0.5) is 0 Å². The monoisotopic (exact) mass is 275 g/mol. The molecule has 0 spiro atoms. The van der Waals surface area contributed by atoms with Crippen LogP contribution in [0.15, 0.2) is 30.3 Å². The first-order valence-corrected chi connectivity index (χ1v) is 6.18. The van der Waals surface area contributed by atoms with E-state index in [1.54, 1.807) is 37.3 Å². The number of nitrogens with one attached hydrogen (secondary N) is 1. The van der Waals surface area contributed by atoms with Crippen molar-refractivity contribution in [3.8, 4) is 6.07 Å². The highest BCUT2D eigenvalue weighted by Crippen LogP contribution is 2.13. The summed E-state index contributed by atoms with van der Waals surface area (Å²) >= 11 is 0. The molecule has 4 N–H and O–H groups in total. The molecule has 1 aromatic rings. The molecule has 6 heteroatoms. The fourth-order valence-electron chi connectivity index (χ4n) is 1.69. The molecule has 0 aliphatic rings. The molecular formula is C14H17N3O3. The van der Waals surface area contributed by atoms with Crippen molar-refractivity contribution in [1.82, 2.24) is 5.32 Å². The quantitative estimate of drug-likeness (QED) is 0.689. The third kappa shape index (κ3) is 4.37. The predicted molar refractivity (Wildman–Crippen MR) is 71.9 cm³/mol. The van der Waals surface area contributed by atoms with Crippen molar-refractivity contribution in [1.29, 1.82) is 5.26 Å². The summed E-state index contributed by atoms with van der Waals surface area (Å²) < 4.78 is 0. The van der Waals surface area contributed by atoms with E-state index in [1.165, 1.54) is 0 Å². The van der Waals surface area contributed by atoms with Gasteiger partial charge in [0.15, 0.2) is 6.10 Å². The van der Waals surface area contributed by atoms with Crippen molar-refractivity contribution in [2.75, 3.05) is 0 Å². The van der Waals surface area contributed by atoms with E-state index in [-0.39, 0.29) is 6.42 Å². The molecule has 0 unspecified atom stereocenters. The Morgan fingerprint density at radius 1 is 1.40 bits per heavy atom. The van der Waals surface area contributed by atoms with E-state index in [1.807, 2.05) is 6.07 Å². The lowest BCUT2D eigenvalue weighted by Gasteiger charge is -2.19. The van der Waals surface area contributed by atoms with Crippen LogP contribution in [0.2, 0.25) is 0 Å². The molecule has 3 atom stereocenters. The minimum atomic E-state index is -1.38. The average Bonchev–Trinajstić information content (AvgIpc) is 2.46. The number of nitriles is 1. The molecule has 0 saturated heterocycles. The van der Waals surface area contributed by atoms with E-state index in [4.69, 9.17) is 11.0 Å². The SMILES string of the molecule is C[C@@H](C#N)C[C@@H](NC(=O)[C@@H](O)c1ccccc1)C(N)=O. The van der Waals surface area contributed by atoms with Crippen molar-refractivity contribution in [2.24, 2.45) is 11.7 Å². The molecule has 2 amide bonds. The summed E-state index contributed by atoms with van der Waals surface area (Å²) in [5, 5.41) is 21.0. The largest absolute Gasteiger partial charge is 0.378 e. The standard InChI is InChI=1S/C14H17N3O3/c1-9(8-15)7-11(13(16)19)17-14(20)12(18)10-5-3-2-4-6-10/h2-6,9,11-12,18H,7H2,1H3,(H2,16,19)(H,17,20)/t9-,11-,12+/m1/s1. The van der Waals surface area contributed by atoms with Crippen molar-refractivity contribution in [3.05, 3.63) is 35.9 Å². The number of aliphatic hydroxyl groups excluding tert-OH is 1. The van der Waals surface area contributed by atoms with Crippen molar-refractivity contribution in [2.45, 2.75) is 25.5 Å². The van der Waals surface area contributed by atoms with E-state index < -0.39 is 29.9 Å². The maximum atomic E-state index is 11.9. The third-order valence-corrected chi connectivity index (χ3v) is 2.83. The second-order valence-corrected chi connectivity index (χ2v) is 4.54. The Bertz CT molecular complexity index is 510. The predicted octanol–water partition coefficient (Wildman–Crippen LogP) is 0.240. The van der Waals surface area contributed by atoms with Gasteiger partial charge in [0.25, 0.3) is 5.91 Å². The minimum Gasteiger partial charge on any atom is -0.378 e. The van der Waals surface area contributed by atoms with Gasteiger partial charge in [-0.2, -0.15) is 5.26 Å². The summed E-state index contributed by atoms with van der Waals surface area (Å²) in [6.07, 6.45) is -1.27. The zero-order valence-corrected chi connectivity index (χ0v) is 11.1. The van der Waals surface area contributed by atoms with Crippen LogP contribution in [0.1, 0.15) is 25.0 Å². The summed E-state index contributed by atoms with van der Waals surface area (Å²) in [6.45, 7) is 1.62. The first-order valence-electron chi connectivity index (χ1n) is 6.18. The molecule has 0 bridgehead atoms. The normalized spacial score (nSPS) is 14.7. The fraction of sp³-hybridized carbons (Fsp3) is 0.357.